The van der Waals surface area contributed by atoms with Gasteiger partial charge in [-0.05, 0) is 19.8 Å². The summed E-state index contributed by atoms with van der Waals surface area (Å²) in [4.78, 5) is 10.1. The zero-order chi connectivity index (χ0) is 16.6. The first-order valence-corrected chi connectivity index (χ1v) is 8.81. The molecule has 1 aromatic heterocycles. The van der Waals surface area contributed by atoms with Gasteiger partial charge in [-0.25, -0.2) is 9.13 Å². The number of aromatic nitrogens is 2. The Morgan fingerprint density at radius 1 is 1.00 bits per heavy atom. The van der Waals surface area contributed by atoms with Crippen molar-refractivity contribution in [1.82, 2.24) is 4.57 Å². The van der Waals surface area contributed by atoms with E-state index >= 15 is 0 Å². The van der Waals surface area contributed by atoms with Gasteiger partial charge in [0.15, 0.2) is 0 Å². The van der Waals surface area contributed by atoms with Crippen molar-refractivity contribution in [3.05, 3.63) is 18.7 Å². The van der Waals surface area contributed by atoms with Gasteiger partial charge in [-0.2, -0.15) is 0 Å². The van der Waals surface area contributed by atoms with Crippen LogP contribution in [0, 0.1) is 0 Å². The molecule has 0 aliphatic carbocycles. The van der Waals surface area contributed by atoms with Gasteiger partial charge in [-0.1, -0.05) is 58.3 Å². The van der Waals surface area contributed by atoms with Gasteiger partial charge in [0.05, 0.1) is 13.6 Å². The summed E-state index contributed by atoms with van der Waals surface area (Å²) >= 11 is 0. The monoisotopic (exact) mass is 310 g/mol. The first-order chi connectivity index (χ1) is 10.6. The van der Waals surface area contributed by atoms with Gasteiger partial charge in [-0.3, -0.25) is 0 Å². The van der Waals surface area contributed by atoms with Crippen LogP contribution in [-0.2, 0) is 18.4 Å². The molecule has 1 rings (SSSR count). The molecule has 4 heteroatoms. The average molecular weight is 310 g/mol. The van der Waals surface area contributed by atoms with Crippen molar-refractivity contribution in [3.63, 3.8) is 0 Å². The maximum atomic E-state index is 10.1. The van der Waals surface area contributed by atoms with Crippen LogP contribution >= 0.6 is 0 Å². The number of carbonyl (C=O) groups is 1. The zero-order valence-electron chi connectivity index (χ0n) is 14.7. The second-order valence-electron chi connectivity index (χ2n) is 5.86. The smallest absolute Gasteiger partial charge is 0.243 e. The van der Waals surface area contributed by atoms with Gasteiger partial charge in [0.1, 0.15) is 12.4 Å². The second kappa shape index (κ2) is 14.6. The Hall–Kier alpha value is -1.32. The second-order valence-corrected chi connectivity index (χ2v) is 5.86. The van der Waals surface area contributed by atoms with Crippen LogP contribution in [-0.4, -0.2) is 10.5 Å². The van der Waals surface area contributed by atoms with E-state index < -0.39 is 5.97 Å². The van der Waals surface area contributed by atoms with E-state index in [1.165, 1.54) is 44.9 Å². The zero-order valence-corrected chi connectivity index (χ0v) is 14.7. The van der Waals surface area contributed by atoms with Gasteiger partial charge in [-0.15, -0.1) is 0 Å². The highest BCUT2D eigenvalue weighted by Crippen LogP contribution is 2.10. The molecule has 0 saturated heterocycles. The maximum absolute atomic E-state index is 10.1. The van der Waals surface area contributed by atoms with Crippen LogP contribution < -0.4 is 9.67 Å². The number of hydrogen-bond acceptors (Lipinski definition) is 2. The van der Waals surface area contributed by atoms with Crippen molar-refractivity contribution in [2.45, 2.75) is 84.6 Å². The Bertz CT molecular complexity index is 375. The molecule has 0 amide bonds. The largest absolute Gasteiger partial charge is 0.550 e. The minimum Gasteiger partial charge on any atom is -0.550 e. The number of aliphatic carboxylic acids is 1. The fourth-order valence-electron chi connectivity index (χ4n) is 2.27. The SMILES string of the molecule is CCCCCCCCCCCC(=O)[O-].CCn1cc[n+](C)c1. The topological polar surface area (TPSA) is 48.9 Å². The summed E-state index contributed by atoms with van der Waals surface area (Å²) < 4.78 is 4.16. The lowest BCUT2D eigenvalue weighted by atomic mass is 10.1. The molecular weight excluding hydrogens is 276 g/mol. The third-order valence-electron chi connectivity index (χ3n) is 3.67. The highest BCUT2D eigenvalue weighted by molar-refractivity contribution is 5.63. The molecular formula is C18H34N2O2. The molecule has 0 radical (unpaired) electrons. The molecule has 0 aliphatic heterocycles. The quantitative estimate of drug-likeness (QED) is 0.466. The highest BCUT2D eigenvalue weighted by Gasteiger charge is 1.93. The third-order valence-corrected chi connectivity index (χ3v) is 3.67. The average Bonchev–Trinajstić information content (AvgIpc) is 2.92. The van der Waals surface area contributed by atoms with Gasteiger partial charge < -0.3 is 9.90 Å². The van der Waals surface area contributed by atoms with Gasteiger partial charge >= 0.3 is 0 Å². The number of hydrogen-bond donors (Lipinski definition) is 0. The lowest BCUT2D eigenvalue weighted by Crippen LogP contribution is -2.23. The number of nitrogens with zero attached hydrogens (tertiary/aromatic N) is 2. The summed E-state index contributed by atoms with van der Waals surface area (Å²) in [5, 5.41) is 10.1. The molecule has 0 spiro atoms. The predicted octanol–water partition coefficient (Wildman–Crippen LogP) is 2.99. The van der Waals surface area contributed by atoms with Crippen LogP contribution in [0.1, 0.15) is 78.1 Å². The Balaban J connectivity index is 0.000000461. The summed E-state index contributed by atoms with van der Waals surface area (Å²) in [7, 11) is 2.02. The van der Waals surface area contributed by atoms with Crippen LogP contribution in [0.4, 0.5) is 0 Å². The Morgan fingerprint density at radius 2 is 1.55 bits per heavy atom. The Kier molecular flexibility index (Phi) is 13.7. The molecule has 0 unspecified atom stereocenters. The molecule has 0 aliphatic rings. The summed E-state index contributed by atoms with van der Waals surface area (Å²) in [5.74, 6) is -0.909. The number of rotatable bonds is 11. The van der Waals surface area contributed by atoms with Gasteiger partial charge in [0.2, 0.25) is 6.33 Å². The summed E-state index contributed by atoms with van der Waals surface area (Å²) in [6.45, 7) is 5.40. The number of unbranched alkanes of at least 4 members (excludes halogenated alkanes) is 8. The molecule has 4 nitrogen and oxygen atoms in total. The van der Waals surface area contributed by atoms with Crippen molar-refractivity contribution in [2.75, 3.05) is 0 Å². The molecule has 0 aromatic carbocycles. The normalized spacial score (nSPS) is 10.1. The molecule has 0 N–H and O–H groups in total. The standard InChI is InChI=1S/C12H24O2.C6H11N2/c1-2-3-4-5-6-7-8-9-10-11-12(13)14;1-3-8-5-4-7(2)6-8/h2-11H2,1H3,(H,13,14);4-6H,3H2,1-2H3/q;+1/p-1. The van der Waals surface area contributed by atoms with E-state index in [9.17, 15) is 9.90 Å². The van der Waals surface area contributed by atoms with Crippen LogP contribution in [0.2, 0.25) is 0 Å². The van der Waals surface area contributed by atoms with E-state index in [0.29, 0.717) is 0 Å². The minimum atomic E-state index is -0.909. The molecule has 128 valence electrons. The van der Waals surface area contributed by atoms with E-state index in [2.05, 4.69) is 30.9 Å². The number of aryl methyl sites for hydroxylation is 2. The molecule has 0 saturated carbocycles. The molecule has 22 heavy (non-hydrogen) atoms. The lowest BCUT2D eigenvalue weighted by molar-refractivity contribution is -0.671. The summed E-state index contributed by atoms with van der Waals surface area (Å²) in [5.41, 5.74) is 0. The first-order valence-electron chi connectivity index (χ1n) is 8.81. The number of carbonyl (C=O) groups excluding carboxylic acids is 1. The van der Waals surface area contributed by atoms with Crippen LogP contribution in [0.5, 0.6) is 0 Å². The molecule has 0 fully saturated rings. The summed E-state index contributed by atoms with van der Waals surface area (Å²) in [6, 6.07) is 0. The van der Waals surface area contributed by atoms with E-state index in [1.807, 2.05) is 17.8 Å². The highest BCUT2D eigenvalue weighted by atomic mass is 16.4. The van der Waals surface area contributed by atoms with Crippen molar-refractivity contribution >= 4 is 5.97 Å². The van der Waals surface area contributed by atoms with Crippen molar-refractivity contribution < 1.29 is 14.5 Å². The fourth-order valence-corrected chi connectivity index (χ4v) is 2.27. The van der Waals surface area contributed by atoms with Crippen LogP contribution in [0.15, 0.2) is 18.7 Å². The molecule has 0 bridgehead atoms. The van der Waals surface area contributed by atoms with E-state index in [0.717, 1.165) is 19.4 Å². The molecule has 0 atom stereocenters. The molecule has 1 heterocycles. The number of carboxylic acids is 1. The Morgan fingerprint density at radius 3 is 1.91 bits per heavy atom. The van der Waals surface area contributed by atoms with E-state index in [1.54, 1.807) is 0 Å². The van der Waals surface area contributed by atoms with Gasteiger partial charge in [0.25, 0.3) is 0 Å². The maximum Gasteiger partial charge on any atom is 0.243 e. The number of carboxylic acid groups (broad SMARTS) is 1. The fraction of sp³-hybridized carbons (Fsp3) is 0.778. The van der Waals surface area contributed by atoms with E-state index in [-0.39, 0.29) is 6.42 Å². The number of imidazole rings is 1. The van der Waals surface area contributed by atoms with Crippen molar-refractivity contribution in [2.24, 2.45) is 7.05 Å². The Labute approximate surface area is 136 Å². The minimum absolute atomic E-state index is 0.232. The van der Waals surface area contributed by atoms with E-state index in [4.69, 9.17) is 0 Å². The van der Waals surface area contributed by atoms with Gasteiger partial charge in [0, 0.05) is 5.97 Å². The van der Waals surface area contributed by atoms with Crippen LogP contribution in [0.3, 0.4) is 0 Å². The third kappa shape index (κ3) is 13.7. The van der Waals surface area contributed by atoms with Crippen molar-refractivity contribution in [1.29, 1.82) is 0 Å². The first kappa shape index (κ1) is 20.7. The predicted molar refractivity (Wildman–Crippen MR) is 88.1 cm³/mol. The van der Waals surface area contributed by atoms with Crippen molar-refractivity contribution in [3.8, 4) is 0 Å². The van der Waals surface area contributed by atoms with Crippen LogP contribution in [0.25, 0.3) is 0 Å². The summed E-state index contributed by atoms with van der Waals surface area (Å²) in [6.07, 6.45) is 17.3. The lowest BCUT2D eigenvalue weighted by Gasteiger charge is -2.02. The molecule has 1 aromatic rings.